The van der Waals surface area contributed by atoms with Crippen LogP contribution < -0.4 is 10.0 Å². The van der Waals surface area contributed by atoms with Crippen molar-refractivity contribution in [3.8, 4) is 5.75 Å². The van der Waals surface area contributed by atoms with E-state index in [4.69, 9.17) is 0 Å². The molecule has 1 atom stereocenters. The Kier molecular flexibility index (Phi) is 5.01. The normalized spacial score (nSPS) is 18.8. The molecule has 2 rings (SSSR count). The Balaban J connectivity index is 1.83. The highest BCUT2D eigenvalue weighted by Crippen LogP contribution is 2.31. The molecule has 0 spiro atoms. The van der Waals surface area contributed by atoms with Crippen molar-refractivity contribution in [3.63, 3.8) is 0 Å². The highest BCUT2D eigenvalue weighted by Gasteiger charge is 2.19. The molecule has 1 aliphatic rings. The van der Waals surface area contributed by atoms with Gasteiger partial charge in [-0.25, -0.2) is 13.1 Å². The number of aromatic hydroxyl groups is 1. The van der Waals surface area contributed by atoms with Gasteiger partial charge in [0.15, 0.2) is 0 Å². The van der Waals surface area contributed by atoms with Gasteiger partial charge in [-0.1, -0.05) is 6.07 Å². The van der Waals surface area contributed by atoms with E-state index in [0.717, 1.165) is 32.2 Å². The number of fused-ring (bicyclic) bond motifs is 1. The third kappa shape index (κ3) is 4.47. The van der Waals surface area contributed by atoms with E-state index >= 15 is 0 Å². The van der Waals surface area contributed by atoms with Gasteiger partial charge < -0.3 is 10.4 Å². The van der Waals surface area contributed by atoms with Crippen molar-refractivity contribution in [1.29, 1.82) is 0 Å². The summed E-state index contributed by atoms with van der Waals surface area (Å²) in [5.74, 6) is 0.321. The monoisotopic (exact) mass is 298 g/mol. The second-order valence-electron chi connectivity index (χ2n) is 5.30. The van der Waals surface area contributed by atoms with E-state index in [9.17, 15) is 13.5 Å². The minimum Gasteiger partial charge on any atom is -0.508 e. The summed E-state index contributed by atoms with van der Waals surface area (Å²) in [6.07, 6.45) is 5.13. The van der Waals surface area contributed by atoms with E-state index in [-0.39, 0.29) is 0 Å². The standard InChI is InChI=1S/C14H22N2O3S/c1-20(18,19)16-9-3-8-15-14-5-2-4-11-10-12(17)6-7-13(11)14/h6-7,10,14-17H,2-5,8-9H2,1H3. The Morgan fingerprint density at radius 2 is 2.15 bits per heavy atom. The zero-order valence-corrected chi connectivity index (χ0v) is 12.5. The van der Waals surface area contributed by atoms with Crippen LogP contribution in [-0.2, 0) is 16.4 Å². The van der Waals surface area contributed by atoms with Crippen LogP contribution in [-0.4, -0.2) is 32.9 Å². The number of rotatable bonds is 6. The van der Waals surface area contributed by atoms with Gasteiger partial charge in [0.2, 0.25) is 10.0 Å². The van der Waals surface area contributed by atoms with Gasteiger partial charge in [-0.15, -0.1) is 0 Å². The molecular weight excluding hydrogens is 276 g/mol. The number of aryl methyl sites for hydroxylation is 1. The minimum atomic E-state index is -3.09. The molecule has 1 unspecified atom stereocenters. The smallest absolute Gasteiger partial charge is 0.208 e. The van der Waals surface area contributed by atoms with Crippen molar-refractivity contribution in [2.75, 3.05) is 19.3 Å². The molecule has 0 saturated heterocycles. The van der Waals surface area contributed by atoms with Crippen LogP contribution in [0.2, 0.25) is 0 Å². The maximum Gasteiger partial charge on any atom is 0.208 e. The zero-order valence-electron chi connectivity index (χ0n) is 11.7. The molecule has 5 nitrogen and oxygen atoms in total. The van der Waals surface area contributed by atoms with Gasteiger partial charge >= 0.3 is 0 Å². The molecule has 0 heterocycles. The number of phenols is 1. The van der Waals surface area contributed by atoms with Crippen molar-refractivity contribution < 1.29 is 13.5 Å². The van der Waals surface area contributed by atoms with Gasteiger partial charge in [0.25, 0.3) is 0 Å². The van der Waals surface area contributed by atoms with E-state index in [1.807, 2.05) is 12.1 Å². The summed E-state index contributed by atoms with van der Waals surface area (Å²) in [6, 6.07) is 5.85. The van der Waals surface area contributed by atoms with Crippen LogP contribution in [0.3, 0.4) is 0 Å². The zero-order chi connectivity index (χ0) is 14.6. The molecule has 0 aliphatic heterocycles. The van der Waals surface area contributed by atoms with Crippen LogP contribution in [0.25, 0.3) is 0 Å². The lowest BCUT2D eigenvalue weighted by Crippen LogP contribution is -2.29. The summed E-state index contributed by atoms with van der Waals surface area (Å²) in [5, 5.41) is 13.0. The molecule has 0 radical (unpaired) electrons. The molecule has 3 N–H and O–H groups in total. The lowest BCUT2D eigenvalue weighted by molar-refractivity contribution is 0.447. The Labute approximate surface area is 120 Å². The number of sulfonamides is 1. The topological polar surface area (TPSA) is 78.4 Å². The first-order chi connectivity index (χ1) is 9.46. The SMILES string of the molecule is CS(=O)(=O)NCCCNC1CCCc2cc(O)ccc21. The summed E-state index contributed by atoms with van der Waals surface area (Å²) in [6.45, 7) is 1.23. The molecule has 0 saturated carbocycles. The molecule has 6 heteroatoms. The second-order valence-corrected chi connectivity index (χ2v) is 7.14. The largest absolute Gasteiger partial charge is 0.508 e. The number of hydrogen-bond donors (Lipinski definition) is 3. The van der Waals surface area contributed by atoms with Gasteiger partial charge in [0.05, 0.1) is 6.26 Å². The van der Waals surface area contributed by atoms with Gasteiger partial charge in [-0.2, -0.15) is 0 Å². The van der Waals surface area contributed by atoms with E-state index in [0.29, 0.717) is 18.3 Å². The van der Waals surface area contributed by atoms with E-state index in [2.05, 4.69) is 10.0 Å². The van der Waals surface area contributed by atoms with E-state index in [1.54, 1.807) is 6.07 Å². The van der Waals surface area contributed by atoms with Gasteiger partial charge in [0.1, 0.15) is 5.75 Å². The lowest BCUT2D eigenvalue weighted by Gasteiger charge is -2.26. The molecular formula is C14H22N2O3S. The lowest BCUT2D eigenvalue weighted by atomic mass is 9.87. The quantitative estimate of drug-likeness (QED) is 0.692. The number of hydrogen-bond acceptors (Lipinski definition) is 4. The van der Waals surface area contributed by atoms with Gasteiger partial charge in [-0.3, -0.25) is 0 Å². The van der Waals surface area contributed by atoms with Crippen molar-refractivity contribution in [3.05, 3.63) is 29.3 Å². The fourth-order valence-electron chi connectivity index (χ4n) is 2.64. The molecule has 0 fully saturated rings. The highest BCUT2D eigenvalue weighted by atomic mass is 32.2. The molecule has 0 amide bonds. The average molecular weight is 298 g/mol. The first kappa shape index (κ1) is 15.3. The van der Waals surface area contributed by atoms with Crippen LogP contribution in [0, 0.1) is 0 Å². The predicted molar refractivity (Wildman–Crippen MR) is 79.3 cm³/mol. The summed E-state index contributed by atoms with van der Waals surface area (Å²) in [5.41, 5.74) is 2.47. The van der Waals surface area contributed by atoms with Gasteiger partial charge in [-0.05, 0) is 55.5 Å². The van der Waals surface area contributed by atoms with Crippen molar-refractivity contribution in [2.45, 2.75) is 31.7 Å². The van der Waals surface area contributed by atoms with Crippen LogP contribution in [0.4, 0.5) is 0 Å². The molecule has 1 aromatic carbocycles. The van der Waals surface area contributed by atoms with Gasteiger partial charge in [0, 0.05) is 12.6 Å². The molecule has 0 bridgehead atoms. The fraction of sp³-hybridized carbons (Fsp3) is 0.571. The van der Waals surface area contributed by atoms with Crippen molar-refractivity contribution in [2.24, 2.45) is 0 Å². The molecule has 1 aromatic rings. The Morgan fingerprint density at radius 3 is 2.90 bits per heavy atom. The van der Waals surface area contributed by atoms with Crippen LogP contribution in [0.15, 0.2) is 18.2 Å². The maximum absolute atomic E-state index is 10.9. The second kappa shape index (κ2) is 6.56. The average Bonchev–Trinajstić information content (AvgIpc) is 2.36. The highest BCUT2D eigenvalue weighted by molar-refractivity contribution is 7.88. The summed E-state index contributed by atoms with van der Waals surface area (Å²) in [4.78, 5) is 0. The molecule has 112 valence electrons. The third-order valence-electron chi connectivity index (χ3n) is 3.55. The summed E-state index contributed by atoms with van der Waals surface area (Å²) < 4.78 is 24.4. The number of phenolic OH excluding ortho intramolecular Hbond substituents is 1. The number of benzene rings is 1. The van der Waals surface area contributed by atoms with Crippen LogP contribution in [0.5, 0.6) is 5.75 Å². The summed E-state index contributed by atoms with van der Waals surface area (Å²) >= 11 is 0. The van der Waals surface area contributed by atoms with Crippen molar-refractivity contribution in [1.82, 2.24) is 10.0 Å². The maximum atomic E-state index is 10.9. The Hall–Kier alpha value is -1.11. The minimum absolute atomic E-state index is 0.303. The van der Waals surface area contributed by atoms with E-state index in [1.165, 1.54) is 17.4 Å². The molecule has 0 aromatic heterocycles. The van der Waals surface area contributed by atoms with Crippen LogP contribution in [0.1, 0.15) is 36.4 Å². The van der Waals surface area contributed by atoms with Crippen LogP contribution >= 0.6 is 0 Å². The summed E-state index contributed by atoms with van der Waals surface area (Å²) in [7, 11) is -3.09. The first-order valence-corrected chi connectivity index (χ1v) is 8.85. The van der Waals surface area contributed by atoms with E-state index < -0.39 is 10.0 Å². The number of nitrogens with one attached hydrogen (secondary N) is 2. The van der Waals surface area contributed by atoms with Crippen molar-refractivity contribution >= 4 is 10.0 Å². The Bertz CT molecular complexity index is 558. The predicted octanol–water partition coefficient (Wildman–Crippen LogP) is 1.30. The fourth-order valence-corrected chi connectivity index (χ4v) is 3.15. The Morgan fingerprint density at radius 1 is 1.35 bits per heavy atom. The first-order valence-electron chi connectivity index (χ1n) is 6.95. The molecule has 1 aliphatic carbocycles. The third-order valence-corrected chi connectivity index (χ3v) is 4.28. The molecule has 20 heavy (non-hydrogen) atoms.